The molecule has 10 nitrogen and oxygen atoms in total. The summed E-state index contributed by atoms with van der Waals surface area (Å²) in [6.07, 6.45) is -1.44. The van der Waals surface area contributed by atoms with Crippen LogP contribution in [0.2, 0.25) is 0 Å². The highest BCUT2D eigenvalue weighted by molar-refractivity contribution is 6.23. The first-order valence-electron chi connectivity index (χ1n) is 12.1. The first kappa shape index (κ1) is 26.1. The Balaban J connectivity index is 1.93. The van der Waals surface area contributed by atoms with Crippen LogP contribution in [0.15, 0.2) is 17.4 Å². The average Bonchev–Trinajstić information content (AvgIpc) is 2.75. The van der Waals surface area contributed by atoms with E-state index >= 15 is 0 Å². The molecule has 6 N–H and O–H groups in total. The molecule has 0 aliphatic heterocycles. The molecular formula is C26H35N3O7. The van der Waals surface area contributed by atoms with Crippen molar-refractivity contribution in [3.63, 3.8) is 0 Å². The van der Waals surface area contributed by atoms with E-state index in [-0.39, 0.29) is 23.7 Å². The van der Waals surface area contributed by atoms with Gasteiger partial charge in [0.1, 0.15) is 23.2 Å². The van der Waals surface area contributed by atoms with Gasteiger partial charge in [-0.2, -0.15) is 0 Å². The molecule has 1 fully saturated rings. The van der Waals surface area contributed by atoms with Crippen molar-refractivity contribution in [2.75, 3.05) is 33.1 Å². The molecule has 0 spiro atoms. The van der Waals surface area contributed by atoms with Gasteiger partial charge in [0.25, 0.3) is 5.91 Å². The fourth-order valence-corrected chi connectivity index (χ4v) is 6.60. The number of hydrogen-bond acceptors (Lipinski definition) is 9. The number of anilines is 1. The van der Waals surface area contributed by atoms with Crippen LogP contribution in [0.4, 0.5) is 5.69 Å². The van der Waals surface area contributed by atoms with Crippen LogP contribution in [0.25, 0.3) is 0 Å². The minimum absolute atomic E-state index is 0.0867. The molecule has 1 aromatic carbocycles. The van der Waals surface area contributed by atoms with Crippen molar-refractivity contribution in [3.05, 3.63) is 34.1 Å². The molecule has 4 rings (SSSR count). The zero-order chi connectivity index (χ0) is 27.0. The van der Waals surface area contributed by atoms with Crippen LogP contribution in [0.3, 0.4) is 0 Å². The number of carbonyl (C=O) groups is 3. The number of rotatable bonds is 4. The number of benzene rings is 1. The van der Waals surface area contributed by atoms with Crippen LogP contribution in [-0.2, 0) is 16.0 Å². The minimum Gasteiger partial charge on any atom is -0.510 e. The van der Waals surface area contributed by atoms with Gasteiger partial charge in [-0.25, -0.2) is 0 Å². The van der Waals surface area contributed by atoms with E-state index < -0.39 is 64.3 Å². The number of amides is 1. The van der Waals surface area contributed by atoms with E-state index in [4.69, 9.17) is 5.73 Å². The summed E-state index contributed by atoms with van der Waals surface area (Å²) in [7, 11) is 6.92. The molecule has 0 radical (unpaired) electrons. The van der Waals surface area contributed by atoms with E-state index in [9.17, 15) is 34.8 Å². The van der Waals surface area contributed by atoms with Crippen molar-refractivity contribution in [1.82, 2.24) is 4.90 Å². The highest BCUT2D eigenvalue weighted by atomic mass is 16.4. The van der Waals surface area contributed by atoms with Crippen LogP contribution < -0.4 is 10.6 Å². The van der Waals surface area contributed by atoms with Gasteiger partial charge < -0.3 is 31.1 Å². The summed E-state index contributed by atoms with van der Waals surface area (Å²) in [5.74, 6) is -6.43. The van der Waals surface area contributed by atoms with Gasteiger partial charge in [-0.15, -0.1) is 0 Å². The lowest BCUT2D eigenvalue weighted by atomic mass is 9.53. The van der Waals surface area contributed by atoms with Crippen LogP contribution >= 0.6 is 0 Å². The van der Waals surface area contributed by atoms with Crippen molar-refractivity contribution >= 4 is 23.2 Å². The van der Waals surface area contributed by atoms with Gasteiger partial charge in [0.05, 0.1) is 17.5 Å². The maximum Gasteiger partial charge on any atom is 0.255 e. The fourth-order valence-electron chi connectivity index (χ4n) is 6.60. The van der Waals surface area contributed by atoms with Crippen LogP contribution in [-0.4, -0.2) is 88.7 Å². The number of aromatic hydroxyl groups is 1. The van der Waals surface area contributed by atoms with Crippen molar-refractivity contribution in [1.29, 1.82) is 0 Å². The number of nitrogens with two attached hydrogens (primary N) is 1. The summed E-state index contributed by atoms with van der Waals surface area (Å²) in [6, 6.07) is 0.884. The van der Waals surface area contributed by atoms with Gasteiger partial charge in [0.15, 0.2) is 11.4 Å². The van der Waals surface area contributed by atoms with Gasteiger partial charge in [-0.05, 0) is 56.0 Å². The molecule has 2 unspecified atom stereocenters. The predicted molar refractivity (Wildman–Crippen MR) is 132 cm³/mol. The Kier molecular flexibility index (Phi) is 6.22. The molecule has 3 aliphatic rings. The minimum atomic E-state index is -2.52. The third-order valence-corrected chi connectivity index (χ3v) is 8.26. The summed E-state index contributed by atoms with van der Waals surface area (Å²) >= 11 is 0. The van der Waals surface area contributed by atoms with Gasteiger partial charge >= 0.3 is 0 Å². The lowest BCUT2D eigenvalue weighted by molar-refractivity contribution is -0.190. The number of primary amides is 1. The number of fused-ring (bicyclic) bond motifs is 3. The van der Waals surface area contributed by atoms with Crippen molar-refractivity contribution < 1.29 is 34.8 Å². The third-order valence-electron chi connectivity index (χ3n) is 8.26. The molecule has 6 atom stereocenters. The molecule has 36 heavy (non-hydrogen) atoms. The molecule has 0 bridgehead atoms. The van der Waals surface area contributed by atoms with Crippen LogP contribution in [0, 0.1) is 17.8 Å². The molecule has 1 saturated carbocycles. The maximum atomic E-state index is 13.9. The first-order valence-corrected chi connectivity index (χ1v) is 12.1. The Morgan fingerprint density at radius 1 is 1.17 bits per heavy atom. The second-order valence-corrected chi connectivity index (χ2v) is 11.1. The van der Waals surface area contributed by atoms with E-state index in [2.05, 4.69) is 0 Å². The predicted octanol–water partition coefficient (Wildman–Crippen LogP) is 0.475. The second-order valence-electron chi connectivity index (χ2n) is 11.1. The summed E-state index contributed by atoms with van der Waals surface area (Å²) < 4.78 is 0. The molecule has 196 valence electrons. The molecule has 1 aromatic rings. The Labute approximate surface area is 210 Å². The van der Waals surface area contributed by atoms with Crippen LogP contribution in [0.5, 0.6) is 5.75 Å². The van der Waals surface area contributed by atoms with Gasteiger partial charge in [0.2, 0.25) is 5.78 Å². The van der Waals surface area contributed by atoms with E-state index in [0.29, 0.717) is 17.5 Å². The second kappa shape index (κ2) is 8.57. The molecule has 1 amide bonds. The molecular weight excluding hydrogens is 466 g/mol. The molecule has 0 heterocycles. The van der Waals surface area contributed by atoms with Gasteiger partial charge in [-0.3, -0.25) is 19.3 Å². The normalized spacial score (nSPS) is 31.9. The monoisotopic (exact) mass is 501 g/mol. The molecule has 0 aromatic heterocycles. The lowest BCUT2D eigenvalue weighted by Crippen LogP contribution is -2.71. The first-order chi connectivity index (χ1) is 16.7. The Morgan fingerprint density at radius 2 is 1.78 bits per heavy atom. The number of nitrogens with zero attached hydrogens (tertiary/aromatic N) is 2. The topological polar surface area (TPSA) is 165 Å². The smallest absolute Gasteiger partial charge is 0.255 e. The maximum absolute atomic E-state index is 13.9. The SMILES string of the molecule is CC(C)c1cc(N(C)C)c2c(c1O)C(=O)C1C(O)[C@]3(O)C(=O)C(C(N)=O)=C(O)[C@@H](N(C)C)[C@@H]3C[C@@H]1C2. The van der Waals surface area contributed by atoms with E-state index in [0.717, 1.165) is 5.69 Å². The lowest BCUT2D eigenvalue weighted by Gasteiger charge is -2.55. The number of likely N-dealkylation sites (N-methyl/N-ethyl adjacent to an activating group) is 1. The van der Waals surface area contributed by atoms with Gasteiger partial charge in [0, 0.05) is 25.7 Å². The number of hydrogen-bond donors (Lipinski definition) is 5. The van der Waals surface area contributed by atoms with Crippen molar-refractivity contribution in [3.8, 4) is 5.75 Å². The number of ketones is 2. The number of phenolic OH excluding ortho intramolecular Hbond substituents is 1. The molecule has 3 aliphatic carbocycles. The third kappa shape index (κ3) is 3.38. The Morgan fingerprint density at radius 3 is 2.28 bits per heavy atom. The number of Topliss-reactive ketones (excluding diaryl/α,β-unsaturated/α-hetero) is 2. The summed E-state index contributed by atoms with van der Waals surface area (Å²) in [5.41, 5.74) is 4.18. The summed E-state index contributed by atoms with van der Waals surface area (Å²) in [4.78, 5) is 42.8. The highest BCUT2D eigenvalue weighted by Crippen LogP contribution is 2.54. The summed E-state index contributed by atoms with van der Waals surface area (Å²) in [5, 5.41) is 45.2. The summed E-state index contributed by atoms with van der Waals surface area (Å²) in [6.45, 7) is 3.79. The highest BCUT2D eigenvalue weighted by Gasteiger charge is 2.66. The van der Waals surface area contributed by atoms with Gasteiger partial charge in [-0.1, -0.05) is 13.8 Å². The molecule has 10 heteroatoms. The quantitative estimate of drug-likeness (QED) is 0.369. The standard InChI is InChI=1S/C26H35N3O7/c1-10(2)12-9-15(28(3)4)13-7-11-8-14-19(29(5)6)22(32)18(25(27)35)24(34)26(14,36)23(33)16(11)21(31)17(13)20(12)30/h9-11,14,16,19,23,30,32-33,36H,7-8H2,1-6H3,(H2,27,35)/t11-,14-,16?,19-,23?,26-/m0/s1. The van der Waals surface area contributed by atoms with E-state index in [1.807, 2.05) is 38.9 Å². The zero-order valence-electron chi connectivity index (χ0n) is 21.4. The van der Waals surface area contributed by atoms with Crippen LogP contribution in [0.1, 0.15) is 47.7 Å². The van der Waals surface area contributed by atoms with Crippen molar-refractivity contribution in [2.24, 2.45) is 23.5 Å². The average molecular weight is 502 g/mol. The fraction of sp³-hybridized carbons (Fsp3) is 0.577. The number of phenols is 1. The van der Waals surface area contributed by atoms with Crippen molar-refractivity contribution in [2.45, 2.75) is 50.4 Å². The Bertz CT molecular complexity index is 1190. The Hall–Kier alpha value is -2.95. The van der Waals surface area contributed by atoms with E-state index in [1.165, 1.54) is 0 Å². The molecule has 0 saturated heterocycles. The number of aliphatic hydroxyl groups excluding tert-OH is 2. The number of aliphatic hydroxyl groups is 3. The largest absolute Gasteiger partial charge is 0.510 e. The zero-order valence-corrected chi connectivity index (χ0v) is 21.4. The number of carbonyl (C=O) groups excluding carboxylic acids is 3. The van der Waals surface area contributed by atoms with E-state index in [1.54, 1.807) is 19.0 Å².